The predicted octanol–water partition coefficient (Wildman–Crippen LogP) is -0.843. The first-order valence-electron chi connectivity index (χ1n) is 5.18. The molecule has 2 saturated heterocycles. The highest BCUT2D eigenvalue weighted by Crippen LogP contribution is 2.22. The molecule has 15 heavy (non-hydrogen) atoms. The number of sulfone groups is 1. The Morgan fingerprint density at radius 3 is 2.67 bits per heavy atom. The van der Waals surface area contributed by atoms with E-state index in [4.69, 9.17) is 0 Å². The van der Waals surface area contributed by atoms with Gasteiger partial charge in [-0.25, -0.2) is 8.42 Å². The predicted molar refractivity (Wildman–Crippen MR) is 54.0 cm³/mol. The maximum atomic E-state index is 11.6. The molecule has 0 aromatic heterocycles. The number of amides is 1. The van der Waals surface area contributed by atoms with Crippen LogP contribution in [-0.2, 0) is 14.6 Å². The van der Waals surface area contributed by atoms with Crippen molar-refractivity contribution in [1.82, 2.24) is 4.90 Å². The summed E-state index contributed by atoms with van der Waals surface area (Å²) in [4.78, 5) is 13.1. The van der Waals surface area contributed by atoms with Gasteiger partial charge in [0.1, 0.15) is 6.10 Å². The lowest BCUT2D eigenvalue weighted by atomic mass is 10.0. The fourth-order valence-electron chi connectivity index (χ4n) is 2.26. The second-order valence-electron chi connectivity index (χ2n) is 4.25. The van der Waals surface area contributed by atoms with E-state index in [2.05, 4.69) is 0 Å². The second-order valence-corrected chi connectivity index (χ2v) is 6.48. The minimum absolute atomic E-state index is 0.0610. The van der Waals surface area contributed by atoms with Gasteiger partial charge in [0, 0.05) is 12.6 Å². The van der Waals surface area contributed by atoms with Crippen LogP contribution in [-0.4, -0.2) is 54.5 Å². The molecule has 0 radical (unpaired) electrons. The first-order chi connectivity index (χ1) is 6.99. The lowest BCUT2D eigenvalue weighted by Gasteiger charge is -2.34. The van der Waals surface area contributed by atoms with E-state index in [1.165, 1.54) is 0 Å². The zero-order valence-electron chi connectivity index (χ0n) is 8.42. The summed E-state index contributed by atoms with van der Waals surface area (Å²) in [5, 5.41) is 9.40. The van der Waals surface area contributed by atoms with Crippen LogP contribution in [0.2, 0.25) is 0 Å². The van der Waals surface area contributed by atoms with Gasteiger partial charge in [-0.05, 0) is 19.3 Å². The van der Waals surface area contributed by atoms with Crippen molar-refractivity contribution in [3.63, 3.8) is 0 Å². The Morgan fingerprint density at radius 2 is 2.07 bits per heavy atom. The van der Waals surface area contributed by atoms with Gasteiger partial charge < -0.3 is 10.0 Å². The Morgan fingerprint density at radius 1 is 1.33 bits per heavy atom. The number of hydrogen-bond acceptors (Lipinski definition) is 4. The van der Waals surface area contributed by atoms with Gasteiger partial charge in [-0.1, -0.05) is 0 Å². The molecule has 0 aromatic carbocycles. The number of rotatable bonds is 1. The van der Waals surface area contributed by atoms with Crippen molar-refractivity contribution >= 4 is 15.7 Å². The highest BCUT2D eigenvalue weighted by atomic mass is 32.2. The topological polar surface area (TPSA) is 74.7 Å². The van der Waals surface area contributed by atoms with Crippen molar-refractivity contribution in [1.29, 1.82) is 0 Å². The fraction of sp³-hybridized carbons (Fsp3) is 0.889. The largest absolute Gasteiger partial charge is 0.383 e. The number of piperidine rings is 1. The average Bonchev–Trinajstić information content (AvgIpc) is 2.51. The Hall–Kier alpha value is -0.620. The molecule has 2 aliphatic heterocycles. The molecule has 6 heteroatoms. The van der Waals surface area contributed by atoms with Crippen LogP contribution in [0.5, 0.6) is 0 Å². The zero-order valence-corrected chi connectivity index (χ0v) is 9.24. The third-order valence-electron chi connectivity index (χ3n) is 3.09. The standard InChI is InChI=1S/C9H15NO4S/c11-8-2-1-4-10(9(8)12)7-3-5-15(13,14)6-7/h7-8,11H,1-6H2. The Bertz CT molecular complexity index is 364. The van der Waals surface area contributed by atoms with E-state index < -0.39 is 15.9 Å². The van der Waals surface area contributed by atoms with Gasteiger partial charge >= 0.3 is 0 Å². The summed E-state index contributed by atoms with van der Waals surface area (Å²) in [6.07, 6.45) is 0.834. The normalized spacial score (nSPS) is 35.8. The summed E-state index contributed by atoms with van der Waals surface area (Å²) < 4.78 is 22.5. The summed E-state index contributed by atoms with van der Waals surface area (Å²) in [7, 11) is -2.96. The summed E-state index contributed by atoms with van der Waals surface area (Å²) >= 11 is 0. The van der Waals surface area contributed by atoms with E-state index >= 15 is 0 Å². The number of carbonyl (C=O) groups excluding carboxylic acids is 1. The fourth-order valence-corrected chi connectivity index (χ4v) is 3.99. The van der Waals surface area contributed by atoms with Gasteiger partial charge in [-0.3, -0.25) is 4.79 Å². The number of hydrogen-bond donors (Lipinski definition) is 1. The molecule has 2 fully saturated rings. The highest BCUT2D eigenvalue weighted by Gasteiger charge is 2.38. The molecule has 0 aromatic rings. The molecule has 5 nitrogen and oxygen atoms in total. The summed E-state index contributed by atoms with van der Waals surface area (Å²) in [5.74, 6) is -0.0773. The third kappa shape index (κ3) is 2.15. The van der Waals surface area contributed by atoms with Crippen LogP contribution in [0.3, 0.4) is 0 Å². The molecule has 2 atom stereocenters. The number of aliphatic hydroxyl groups is 1. The van der Waals surface area contributed by atoms with Gasteiger partial charge in [0.05, 0.1) is 11.5 Å². The zero-order chi connectivity index (χ0) is 11.1. The SMILES string of the molecule is O=C1C(O)CCCN1C1CCS(=O)(=O)C1. The number of aliphatic hydroxyl groups excluding tert-OH is 1. The van der Waals surface area contributed by atoms with Crippen molar-refractivity contribution < 1.29 is 18.3 Å². The maximum absolute atomic E-state index is 11.6. The average molecular weight is 233 g/mol. The van der Waals surface area contributed by atoms with Gasteiger partial charge in [0.25, 0.3) is 5.91 Å². The van der Waals surface area contributed by atoms with Crippen LogP contribution >= 0.6 is 0 Å². The molecular weight excluding hydrogens is 218 g/mol. The van der Waals surface area contributed by atoms with Crippen molar-refractivity contribution in [2.24, 2.45) is 0 Å². The molecule has 0 spiro atoms. The Kier molecular flexibility index (Phi) is 2.72. The molecule has 0 aliphatic carbocycles. The maximum Gasteiger partial charge on any atom is 0.251 e. The van der Waals surface area contributed by atoms with E-state index in [9.17, 15) is 18.3 Å². The molecule has 1 amide bonds. The smallest absolute Gasteiger partial charge is 0.251 e. The summed E-state index contributed by atoms with van der Waals surface area (Å²) in [5.41, 5.74) is 0. The van der Waals surface area contributed by atoms with Crippen molar-refractivity contribution in [3.05, 3.63) is 0 Å². The first kappa shape index (κ1) is 10.9. The first-order valence-corrected chi connectivity index (χ1v) is 7.01. The van der Waals surface area contributed by atoms with Crippen LogP contribution in [0.25, 0.3) is 0 Å². The molecule has 0 saturated carbocycles. The highest BCUT2D eigenvalue weighted by molar-refractivity contribution is 7.91. The lowest BCUT2D eigenvalue weighted by molar-refractivity contribution is -0.145. The number of likely N-dealkylation sites (tertiary alicyclic amines) is 1. The number of carbonyl (C=O) groups is 1. The van der Waals surface area contributed by atoms with E-state index in [0.29, 0.717) is 19.4 Å². The van der Waals surface area contributed by atoms with Crippen LogP contribution in [0.4, 0.5) is 0 Å². The van der Waals surface area contributed by atoms with E-state index in [1.807, 2.05) is 0 Å². The van der Waals surface area contributed by atoms with Crippen LogP contribution in [0.1, 0.15) is 19.3 Å². The minimum Gasteiger partial charge on any atom is -0.383 e. The van der Waals surface area contributed by atoms with Gasteiger partial charge in [0.15, 0.2) is 9.84 Å². The van der Waals surface area contributed by atoms with Gasteiger partial charge in [0.2, 0.25) is 0 Å². The van der Waals surface area contributed by atoms with Crippen molar-refractivity contribution in [2.45, 2.75) is 31.4 Å². The lowest BCUT2D eigenvalue weighted by Crippen LogP contribution is -2.49. The van der Waals surface area contributed by atoms with Gasteiger partial charge in [-0.15, -0.1) is 0 Å². The van der Waals surface area contributed by atoms with Crippen LogP contribution in [0, 0.1) is 0 Å². The second kappa shape index (κ2) is 3.75. The van der Waals surface area contributed by atoms with Crippen LogP contribution < -0.4 is 0 Å². The third-order valence-corrected chi connectivity index (χ3v) is 4.84. The molecule has 2 rings (SSSR count). The molecule has 1 N–H and O–H groups in total. The molecule has 2 heterocycles. The van der Waals surface area contributed by atoms with Crippen LogP contribution in [0.15, 0.2) is 0 Å². The van der Waals surface area contributed by atoms with Crippen molar-refractivity contribution in [2.75, 3.05) is 18.1 Å². The summed E-state index contributed by atoms with van der Waals surface area (Å²) in [6.45, 7) is 0.579. The monoisotopic (exact) mass is 233 g/mol. The Labute approximate surface area is 89.0 Å². The minimum atomic E-state index is -2.96. The van der Waals surface area contributed by atoms with E-state index in [1.54, 1.807) is 4.90 Å². The quantitative estimate of drug-likeness (QED) is 0.640. The number of nitrogens with zero attached hydrogens (tertiary/aromatic N) is 1. The van der Waals surface area contributed by atoms with Crippen molar-refractivity contribution in [3.8, 4) is 0 Å². The van der Waals surface area contributed by atoms with Gasteiger partial charge in [-0.2, -0.15) is 0 Å². The molecule has 0 bridgehead atoms. The molecular formula is C9H15NO4S. The molecule has 86 valence electrons. The van der Waals surface area contributed by atoms with E-state index in [0.717, 1.165) is 6.42 Å². The molecule has 2 aliphatic rings. The van der Waals surface area contributed by atoms with E-state index in [-0.39, 0.29) is 23.5 Å². The molecule has 2 unspecified atom stereocenters. The Balaban J connectivity index is 2.08. The summed E-state index contributed by atoms with van der Waals surface area (Å²) in [6, 6.07) is -0.211.